The fourth-order valence-corrected chi connectivity index (χ4v) is 2.90. The number of rotatable bonds is 2. The van der Waals surface area contributed by atoms with Crippen LogP contribution < -0.4 is 0 Å². The van der Waals surface area contributed by atoms with Crippen LogP contribution in [0.5, 0.6) is 0 Å². The van der Waals surface area contributed by atoms with Crippen molar-refractivity contribution >= 4 is 22.7 Å². The van der Waals surface area contributed by atoms with Crippen LogP contribution in [0.15, 0.2) is 35.0 Å². The second-order valence-electron chi connectivity index (χ2n) is 3.03. The molecule has 0 aromatic carbocycles. The maximum Gasteiger partial charge on any atom is 0.130 e. The van der Waals surface area contributed by atoms with Crippen molar-refractivity contribution < 1.29 is 5.11 Å². The van der Waals surface area contributed by atoms with Gasteiger partial charge in [-0.25, -0.2) is 0 Å². The van der Waals surface area contributed by atoms with Gasteiger partial charge in [-0.05, 0) is 29.8 Å². The summed E-state index contributed by atoms with van der Waals surface area (Å²) in [6, 6.07) is 7.85. The minimum absolute atomic E-state index is 0.817. The van der Waals surface area contributed by atoms with Crippen LogP contribution in [-0.4, -0.2) is 5.11 Å². The fraction of sp³-hybridized carbons (Fsp3) is 0.200. The number of hydrogen-bond acceptors (Lipinski definition) is 3. The molecule has 0 amide bonds. The Morgan fingerprint density at radius 2 is 1.54 bits per heavy atom. The largest absolute Gasteiger partial charge is 0.379 e. The lowest BCUT2D eigenvalue weighted by molar-refractivity contribution is 0.110. The Labute approximate surface area is 85.3 Å². The van der Waals surface area contributed by atoms with Gasteiger partial charge in [-0.15, -0.1) is 22.7 Å². The average molecular weight is 210 g/mol. The predicted molar refractivity (Wildman–Crippen MR) is 57.3 cm³/mol. The summed E-state index contributed by atoms with van der Waals surface area (Å²) in [5.41, 5.74) is -0.817. The summed E-state index contributed by atoms with van der Waals surface area (Å²) in [7, 11) is 0. The van der Waals surface area contributed by atoms with Gasteiger partial charge >= 0.3 is 0 Å². The summed E-state index contributed by atoms with van der Waals surface area (Å²) in [6.45, 7) is 1.84. The van der Waals surface area contributed by atoms with Gasteiger partial charge in [-0.1, -0.05) is 12.1 Å². The number of hydrogen-bond donors (Lipinski definition) is 1. The molecule has 2 heterocycles. The Hall–Kier alpha value is -0.640. The van der Waals surface area contributed by atoms with E-state index < -0.39 is 5.60 Å². The van der Waals surface area contributed by atoms with Gasteiger partial charge in [0.1, 0.15) is 5.60 Å². The van der Waals surface area contributed by atoms with Gasteiger partial charge in [-0.2, -0.15) is 0 Å². The van der Waals surface area contributed by atoms with Crippen molar-refractivity contribution in [3.8, 4) is 0 Å². The predicted octanol–water partition coefficient (Wildman–Crippen LogP) is 3.07. The molecule has 0 aliphatic heterocycles. The SMILES string of the molecule is CC(O)(c1cccs1)c1cccs1. The lowest BCUT2D eigenvalue weighted by atomic mass is 10.0. The molecule has 3 heteroatoms. The third kappa shape index (κ3) is 1.55. The fourth-order valence-electron chi connectivity index (χ4n) is 1.23. The van der Waals surface area contributed by atoms with E-state index in [1.807, 2.05) is 41.9 Å². The van der Waals surface area contributed by atoms with Gasteiger partial charge in [0.2, 0.25) is 0 Å². The van der Waals surface area contributed by atoms with Crippen LogP contribution >= 0.6 is 22.7 Å². The van der Waals surface area contributed by atoms with Crippen molar-refractivity contribution in [3.05, 3.63) is 44.8 Å². The van der Waals surface area contributed by atoms with Gasteiger partial charge < -0.3 is 5.11 Å². The first kappa shape index (κ1) is 8.94. The molecule has 13 heavy (non-hydrogen) atoms. The van der Waals surface area contributed by atoms with Crippen LogP contribution in [0.4, 0.5) is 0 Å². The molecule has 2 rings (SSSR count). The highest BCUT2D eigenvalue weighted by Crippen LogP contribution is 2.34. The zero-order valence-electron chi connectivity index (χ0n) is 7.23. The smallest absolute Gasteiger partial charge is 0.130 e. The monoisotopic (exact) mass is 210 g/mol. The van der Waals surface area contributed by atoms with Crippen molar-refractivity contribution in [1.29, 1.82) is 0 Å². The molecular formula is C10H10OS2. The second kappa shape index (κ2) is 3.25. The summed E-state index contributed by atoms with van der Waals surface area (Å²) < 4.78 is 0. The van der Waals surface area contributed by atoms with Gasteiger partial charge in [0.25, 0.3) is 0 Å². The van der Waals surface area contributed by atoms with Gasteiger partial charge in [-0.3, -0.25) is 0 Å². The van der Waals surface area contributed by atoms with Crippen LogP contribution in [0.1, 0.15) is 16.7 Å². The molecular weight excluding hydrogens is 200 g/mol. The Morgan fingerprint density at radius 3 is 1.85 bits per heavy atom. The molecule has 0 saturated carbocycles. The van der Waals surface area contributed by atoms with E-state index >= 15 is 0 Å². The Kier molecular flexibility index (Phi) is 2.24. The molecule has 0 atom stereocenters. The Bertz CT molecular complexity index is 323. The Balaban J connectivity index is 2.42. The molecule has 0 fully saturated rings. The van der Waals surface area contributed by atoms with Crippen molar-refractivity contribution in [2.24, 2.45) is 0 Å². The topological polar surface area (TPSA) is 20.2 Å². The van der Waals surface area contributed by atoms with Crippen LogP contribution in [0.25, 0.3) is 0 Å². The average Bonchev–Trinajstić information content (AvgIpc) is 2.78. The van der Waals surface area contributed by atoms with Crippen LogP contribution in [-0.2, 0) is 5.60 Å². The highest BCUT2D eigenvalue weighted by Gasteiger charge is 2.27. The molecule has 0 spiro atoms. The third-order valence-electron chi connectivity index (χ3n) is 2.00. The van der Waals surface area contributed by atoms with E-state index in [0.717, 1.165) is 9.75 Å². The van der Waals surface area contributed by atoms with Gasteiger partial charge in [0.15, 0.2) is 0 Å². The third-order valence-corrected chi connectivity index (χ3v) is 4.16. The lowest BCUT2D eigenvalue weighted by Gasteiger charge is -2.19. The van der Waals surface area contributed by atoms with Crippen LogP contribution in [0.2, 0.25) is 0 Å². The van der Waals surface area contributed by atoms with E-state index in [4.69, 9.17) is 0 Å². The van der Waals surface area contributed by atoms with Crippen molar-refractivity contribution in [2.45, 2.75) is 12.5 Å². The molecule has 0 bridgehead atoms. The molecule has 0 saturated heterocycles. The summed E-state index contributed by atoms with van der Waals surface area (Å²) in [5.74, 6) is 0. The molecule has 0 unspecified atom stereocenters. The van der Waals surface area contributed by atoms with Crippen molar-refractivity contribution in [2.75, 3.05) is 0 Å². The highest BCUT2D eigenvalue weighted by atomic mass is 32.1. The van der Waals surface area contributed by atoms with Crippen LogP contribution in [0.3, 0.4) is 0 Å². The first-order valence-electron chi connectivity index (χ1n) is 4.01. The van der Waals surface area contributed by atoms with Crippen LogP contribution in [0, 0.1) is 0 Å². The highest BCUT2D eigenvalue weighted by molar-refractivity contribution is 7.11. The quantitative estimate of drug-likeness (QED) is 0.807. The zero-order valence-corrected chi connectivity index (χ0v) is 8.86. The van der Waals surface area contributed by atoms with E-state index in [1.54, 1.807) is 22.7 Å². The molecule has 0 aliphatic carbocycles. The number of thiophene rings is 2. The molecule has 2 aromatic heterocycles. The second-order valence-corrected chi connectivity index (χ2v) is 4.92. The van der Waals surface area contributed by atoms with Crippen molar-refractivity contribution in [3.63, 3.8) is 0 Å². The van der Waals surface area contributed by atoms with E-state index in [-0.39, 0.29) is 0 Å². The maximum absolute atomic E-state index is 10.3. The normalized spacial score (nSPS) is 11.8. The standard InChI is InChI=1S/C10H10OS2/c1-10(11,8-4-2-6-12-8)9-5-3-7-13-9/h2-7,11H,1H3. The molecule has 68 valence electrons. The van der Waals surface area contributed by atoms with Gasteiger partial charge in [0.05, 0.1) is 0 Å². The first-order valence-corrected chi connectivity index (χ1v) is 5.77. The van der Waals surface area contributed by atoms with E-state index in [1.165, 1.54) is 0 Å². The minimum Gasteiger partial charge on any atom is -0.379 e. The zero-order chi connectivity index (χ0) is 9.31. The summed E-state index contributed by atoms with van der Waals surface area (Å²) in [5, 5.41) is 14.2. The molecule has 0 radical (unpaired) electrons. The molecule has 0 aliphatic rings. The van der Waals surface area contributed by atoms with E-state index in [0.29, 0.717) is 0 Å². The molecule has 1 nitrogen and oxygen atoms in total. The molecule has 2 aromatic rings. The van der Waals surface area contributed by atoms with Crippen molar-refractivity contribution in [1.82, 2.24) is 0 Å². The first-order chi connectivity index (χ1) is 6.21. The van der Waals surface area contributed by atoms with E-state index in [2.05, 4.69) is 0 Å². The number of aliphatic hydroxyl groups is 1. The molecule has 1 N–H and O–H groups in total. The maximum atomic E-state index is 10.3. The summed E-state index contributed by atoms with van der Waals surface area (Å²) >= 11 is 3.17. The van der Waals surface area contributed by atoms with E-state index in [9.17, 15) is 5.11 Å². The van der Waals surface area contributed by atoms with Gasteiger partial charge in [0, 0.05) is 9.75 Å². The summed E-state index contributed by atoms with van der Waals surface area (Å²) in [6.07, 6.45) is 0. The summed E-state index contributed by atoms with van der Waals surface area (Å²) in [4.78, 5) is 1.99. The lowest BCUT2D eigenvalue weighted by Crippen LogP contribution is -2.19. The Morgan fingerprint density at radius 1 is 1.08 bits per heavy atom. The minimum atomic E-state index is -0.817.